The molecule has 1 N–H and O–H groups in total. The highest BCUT2D eigenvalue weighted by atomic mass is 35.5. The van der Waals surface area contributed by atoms with Gasteiger partial charge in [0.2, 0.25) is 5.91 Å². The van der Waals surface area contributed by atoms with Crippen LogP contribution in [0.15, 0.2) is 60.4 Å². The van der Waals surface area contributed by atoms with Gasteiger partial charge in [0.15, 0.2) is 0 Å². The van der Waals surface area contributed by atoms with Gasteiger partial charge in [0, 0.05) is 35.3 Å². The molecule has 0 fully saturated rings. The normalized spacial score (nSPS) is 16.5. The van der Waals surface area contributed by atoms with Crippen molar-refractivity contribution in [3.63, 3.8) is 0 Å². The molecule has 29 heavy (non-hydrogen) atoms. The van der Waals surface area contributed by atoms with Gasteiger partial charge in [0.05, 0.1) is 0 Å². The van der Waals surface area contributed by atoms with Crippen LogP contribution in [0.2, 0.25) is 10.0 Å². The molecule has 0 aliphatic carbocycles. The Kier molecular flexibility index (Phi) is 6.25. The quantitative estimate of drug-likeness (QED) is 0.799. The number of hydrogen-bond donors (Lipinski definition) is 1. The zero-order valence-electron chi connectivity index (χ0n) is 15.9. The van der Waals surface area contributed by atoms with Crippen molar-refractivity contribution in [1.82, 2.24) is 15.1 Å². The summed E-state index contributed by atoms with van der Waals surface area (Å²) in [5.74, 6) is -1.10. The largest absolute Gasteiger partial charge is 0.316 e. The number of carbonyl (C=O) groups excluding carboxylic acids is 3. The molecule has 3 amide bonds. The van der Waals surface area contributed by atoms with Gasteiger partial charge in [-0.15, -0.1) is 0 Å². The van der Waals surface area contributed by atoms with Crippen LogP contribution in [0.1, 0.15) is 29.8 Å². The molecule has 2 aromatic carbocycles. The summed E-state index contributed by atoms with van der Waals surface area (Å²) >= 11 is 11.8. The van der Waals surface area contributed by atoms with Crippen LogP contribution in [-0.4, -0.2) is 33.7 Å². The minimum Gasteiger partial charge on any atom is -0.316 e. The fourth-order valence-corrected chi connectivity index (χ4v) is 3.25. The second-order valence-electron chi connectivity index (χ2n) is 6.62. The Bertz CT molecular complexity index is 972. The summed E-state index contributed by atoms with van der Waals surface area (Å²) in [7, 11) is 0. The molecule has 0 saturated carbocycles. The number of halogens is 2. The fraction of sp³-hybridized carbons (Fsp3) is 0.190. The number of amides is 3. The van der Waals surface area contributed by atoms with Gasteiger partial charge in [-0.3, -0.25) is 19.3 Å². The highest BCUT2D eigenvalue weighted by Crippen LogP contribution is 2.22. The number of benzene rings is 2. The van der Waals surface area contributed by atoms with Crippen molar-refractivity contribution in [3.05, 3.63) is 81.6 Å². The van der Waals surface area contributed by atoms with Gasteiger partial charge < -0.3 is 10.2 Å². The Balaban J connectivity index is 1.86. The summed E-state index contributed by atoms with van der Waals surface area (Å²) in [4.78, 5) is 40.6. The lowest BCUT2D eigenvalue weighted by atomic mass is 10.1. The molecule has 1 heterocycles. The number of nitrogens with zero attached hydrogens (tertiary/aromatic N) is 2. The number of rotatable bonds is 4. The topological polar surface area (TPSA) is 69.7 Å². The van der Waals surface area contributed by atoms with Gasteiger partial charge in [-0.2, -0.15) is 0 Å². The van der Waals surface area contributed by atoms with Gasteiger partial charge in [0.1, 0.15) is 11.9 Å². The smallest absolute Gasteiger partial charge is 0.273 e. The lowest BCUT2D eigenvalue weighted by Gasteiger charge is -2.40. The second kappa shape index (κ2) is 8.68. The van der Waals surface area contributed by atoms with E-state index in [0.29, 0.717) is 15.6 Å². The van der Waals surface area contributed by atoms with Crippen LogP contribution in [0.5, 0.6) is 0 Å². The zero-order chi connectivity index (χ0) is 21.1. The Morgan fingerprint density at radius 2 is 1.55 bits per heavy atom. The van der Waals surface area contributed by atoms with Crippen LogP contribution < -0.4 is 5.32 Å². The lowest BCUT2D eigenvalue weighted by Crippen LogP contribution is -2.54. The summed E-state index contributed by atoms with van der Waals surface area (Å²) in [5, 5.41) is 3.70. The lowest BCUT2D eigenvalue weighted by molar-refractivity contribution is -0.142. The van der Waals surface area contributed by atoms with E-state index in [-0.39, 0.29) is 24.1 Å². The van der Waals surface area contributed by atoms with Crippen LogP contribution >= 0.6 is 23.2 Å². The molecule has 1 aliphatic heterocycles. The summed E-state index contributed by atoms with van der Waals surface area (Å²) < 4.78 is 0. The maximum Gasteiger partial charge on any atom is 0.273 e. The molecule has 0 aromatic heterocycles. The third-order valence-corrected chi connectivity index (χ3v) is 5.10. The number of nitrogens with one attached hydrogen (secondary N) is 1. The van der Waals surface area contributed by atoms with E-state index in [2.05, 4.69) is 5.32 Å². The van der Waals surface area contributed by atoms with E-state index >= 15 is 0 Å². The average molecular weight is 432 g/mol. The molecular formula is C21H19Cl2N3O3. The summed E-state index contributed by atoms with van der Waals surface area (Å²) in [6.45, 7) is 3.42. The fourth-order valence-electron chi connectivity index (χ4n) is 3.00. The Morgan fingerprint density at radius 3 is 2.10 bits per heavy atom. The Hall–Kier alpha value is -2.83. The molecule has 0 spiro atoms. The van der Waals surface area contributed by atoms with E-state index in [9.17, 15) is 14.4 Å². The van der Waals surface area contributed by atoms with Crippen molar-refractivity contribution in [2.45, 2.75) is 26.6 Å². The van der Waals surface area contributed by atoms with Crippen molar-refractivity contribution in [2.24, 2.45) is 0 Å². The first kappa shape index (κ1) is 20.9. The SMILES string of the molecule is CC(=O)N1C=C(NC(=O)c2ccc(Cl)cc2)C(=O)N(Cc2ccc(Cl)cc2)C1C. The molecule has 150 valence electrons. The second-order valence-corrected chi connectivity index (χ2v) is 7.49. The highest BCUT2D eigenvalue weighted by Gasteiger charge is 2.34. The van der Waals surface area contributed by atoms with Crippen molar-refractivity contribution in [1.29, 1.82) is 0 Å². The molecule has 2 aromatic rings. The van der Waals surface area contributed by atoms with Crippen molar-refractivity contribution in [2.75, 3.05) is 0 Å². The van der Waals surface area contributed by atoms with Crippen LogP contribution in [0.3, 0.4) is 0 Å². The first-order valence-corrected chi connectivity index (χ1v) is 9.65. The first-order valence-electron chi connectivity index (χ1n) is 8.89. The molecule has 1 unspecified atom stereocenters. The number of hydrogen-bond acceptors (Lipinski definition) is 3. The maximum absolute atomic E-state index is 13.1. The molecule has 6 nitrogen and oxygen atoms in total. The minimum absolute atomic E-state index is 0.0206. The van der Waals surface area contributed by atoms with Crippen LogP contribution in [0.4, 0.5) is 0 Å². The van der Waals surface area contributed by atoms with Gasteiger partial charge in [-0.05, 0) is 48.9 Å². The van der Waals surface area contributed by atoms with Crippen LogP contribution in [-0.2, 0) is 16.1 Å². The maximum atomic E-state index is 13.1. The van der Waals surface area contributed by atoms with E-state index in [4.69, 9.17) is 23.2 Å². The molecule has 8 heteroatoms. The molecule has 3 rings (SSSR count). The van der Waals surface area contributed by atoms with E-state index < -0.39 is 12.1 Å². The average Bonchev–Trinajstić information content (AvgIpc) is 2.69. The predicted octanol–water partition coefficient (Wildman–Crippen LogP) is 3.80. The van der Waals surface area contributed by atoms with Crippen molar-refractivity contribution >= 4 is 40.9 Å². The van der Waals surface area contributed by atoms with Crippen molar-refractivity contribution < 1.29 is 14.4 Å². The van der Waals surface area contributed by atoms with E-state index in [1.165, 1.54) is 22.9 Å². The summed E-state index contributed by atoms with van der Waals surface area (Å²) in [5.41, 5.74) is 1.22. The summed E-state index contributed by atoms with van der Waals surface area (Å²) in [6, 6.07) is 13.4. The first-order chi connectivity index (χ1) is 13.8. The van der Waals surface area contributed by atoms with E-state index in [1.54, 1.807) is 43.3 Å². The van der Waals surface area contributed by atoms with Gasteiger partial charge >= 0.3 is 0 Å². The van der Waals surface area contributed by atoms with Gasteiger partial charge in [0.25, 0.3) is 11.8 Å². The minimum atomic E-state index is -0.508. The van der Waals surface area contributed by atoms with Crippen LogP contribution in [0, 0.1) is 0 Å². The molecule has 0 bridgehead atoms. The summed E-state index contributed by atoms with van der Waals surface area (Å²) in [6.07, 6.45) is 0.869. The standard InChI is InChI=1S/C21H19Cl2N3O3/c1-13-25(14(2)27)12-19(24-20(28)16-5-9-18(23)10-6-16)21(29)26(13)11-15-3-7-17(22)8-4-15/h3-10,12-13H,11H2,1-2H3,(H,24,28). The predicted molar refractivity (Wildman–Crippen MR) is 111 cm³/mol. The highest BCUT2D eigenvalue weighted by molar-refractivity contribution is 6.30. The Labute approximate surface area is 178 Å². The Morgan fingerprint density at radius 1 is 1.00 bits per heavy atom. The monoisotopic (exact) mass is 431 g/mol. The molecule has 1 aliphatic rings. The molecule has 0 saturated heterocycles. The van der Waals surface area contributed by atoms with Crippen molar-refractivity contribution in [3.8, 4) is 0 Å². The van der Waals surface area contributed by atoms with E-state index in [0.717, 1.165) is 5.56 Å². The zero-order valence-corrected chi connectivity index (χ0v) is 17.4. The molecular weight excluding hydrogens is 413 g/mol. The number of carbonyl (C=O) groups is 3. The molecule has 0 radical (unpaired) electrons. The van der Waals surface area contributed by atoms with Gasteiger partial charge in [-0.25, -0.2) is 0 Å². The van der Waals surface area contributed by atoms with Gasteiger partial charge in [-0.1, -0.05) is 35.3 Å². The van der Waals surface area contributed by atoms with Crippen LogP contribution in [0.25, 0.3) is 0 Å². The molecule has 1 atom stereocenters. The van der Waals surface area contributed by atoms with E-state index in [1.807, 2.05) is 12.1 Å². The third-order valence-electron chi connectivity index (χ3n) is 4.60. The third kappa shape index (κ3) is 4.78.